The molecule has 24 heavy (non-hydrogen) atoms. The van der Waals surface area contributed by atoms with Crippen molar-refractivity contribution in [2.45, 2.75) is 25.9 Å². The molecule has 3 rings (SSSR count). The zero-order chi connectivity index (χ0) is 17.1. The summed E-state index contributed by atoms with van der Waals surface area (Å²) in [4.78, 5) is 18.7. The van der Waals surface area contributed by atoms with Gasteiger partial charge in [-0.2, -0.15) is 0 Å². The fraction of sp³-hybridized carbons (Fsp3) is 0.471. The van der Waals surface area contributed by atoms with Crippen LogP contribution in [0.5, 0.6) is 11.6 Å². The molecular formula is C17H22N4O3. The van der Waals surface area contributed by atoms with Crippen LogP contribution in [-0.2, 0) is 7.05 Å². The van der Waals surface area contributed by atoms with Gasteiger partial charge in [-0.3, -0.25) is 14.5 Å². The zero-order valence-electron chi connectivity index (χ0n) is 14.2. The van der Waals surface area contributed by atoms with E-state index in [1.807, 2.05) is 24.0 Å². The quantitative estimate of drug-likeness (QED) is 0.855. The molecule has 0 radical (unpaired) electrons. The van der Waals surface area contributed by atoms with Gasteiger partial charge in [0.25, 0.3) is 5.91 Å². The van der Waals surface area contributed by atoms with E-state index in [1.54, 1.807) is 24.1 Å². The molecule has 7 nitrogen and oxygen atoms in total. The molecule has 1 fully saturated rings. The zero-order valence-corrected chi connectivity index (χ0v) is 14.2. The molecule has 0 aromatic carbocycles. The van der Waals surface area contributed by atoms with Gasteiger partial charge in [0.15, 0.2) is 0 Å². The number of rotatable bonds is 4. The number of aromatic nitrogens is 3. The van der Waals surface area contributed by atoms with Crippen LogP contribution in [0.4, 0.5) is 0 Å². The van der Waals surface area contributed by atoms with E-state index in [4.69, 9.17) is 9.47 Å². The van der Waals surface area contributed by atoms with Crippen molar-refractivity contribution in [3.05, 3.63) is 35.8 Å². The minimum Gasteiger partial charge on any atom is -0.489 e. The Kier molecular flexibility index (Phi) is 4.69. The summed E-state index contributed by atoms with van der Waals surface area (Å²) in [6.07, 6.45) is 5.13. The lowest BCUT2D eigenvalue weighted by Gasteiger charge is -2.32. The molecule has 0 atom stereocenters. The second kappa shape index (κ2) is 6.90. The summed E-state index contributed by atoms with van der Waals surface area (Å²) in [6.45, 7) is 3.25. The van der Waals surface area contributed by atoms with E-state index in [9.17, 15) is 4.79 Å². The summed E-state index contributed by atoms with van der Waals surface area (Å²) >= 11 is 0. The van der Waals surface area contributed by atoms with Crippen molar-refractivity contribution in [1.82, 2.24) is 19.7 Å². The first-order valence-electron chi connectivity index (χ1n) is 8.03. The maximum atomic E-state index is 12.6. The Hall–Kier alpha value is -2.57. The highest BCUT2D eigenvalue weighted by Gasteiger charge is 2.27. The van der Waals surface area contributed by atoms with Gasteiger partial charge in [0.2, 0.25) is 5.88 Å². The highest BCUT2D eigenvalue weighted by atomic mass is 16.5. The number of hydrogen-bond donors (Lipinski definition) is 0. The Morgan fingerprint density at radius 1 is 1.29 bits per heavy atom. The number of carbonyl (C=O) groups excluding carboxylic acids is 1. The van der Waals surface area contributed by atoms with Gasteiger partial charge in [0.05, 0.1) is 13.3 Å². The van der Waals surface area contributed by atoms with Gasteiger partial charge in [-0.1, -0.05) is 0 Å². The minimum atomic E-state index is -0.0459. The standard InChI is InChI=1S/C17H22N4O3/c1-12-4-5-14(10-18-12)24-13-6-8-21(9-7-13)17(22)15-11-20(2)19-16(15)23-3/h4-5,10-11,13H,6-9H2,1-3H3. The molecule has 1 saturated heterocycles. The molecule has 0 aliphatic carbocycles. The van der Waals surface area contributed by atoms with Gasteiger partial charge in [-0.15, -0.1) is 5.10 Å². The molecule has 1 aliphatic rings. The van der Waals surface area contributed by atoms with Crippen molar-refractivity contribution in [3.8, 4) is 11.6 Å². The van der Waals surface area contributed by atoms with Crippen molar-refractivity contribution >= 4 is 5.91 Å². The Morgan fingerprint density at radius 2 is 2.04 bits per heavy atom. The van der Waals surface area contributed by atoms with E-state index >= 15 is 0 Å². The van der Waals surface area contributed by atoms with Crippen LogP contribution in [0.2, 0.25) is 0 Å². The second-order valence-corrected chi connectivity index (χ2v) is 5.97. The molecule has 2 aromatic heterocycles. The lowest BCUT2D eigenvalue weighted by Crippen LogP contribution is -2.41. The van der Waals surface area contributed by atoms with E-state index in [0.717, 1.165) is 24.3 Å². The Bertz CT molecular complexity index is 703. The smallest absolute Gasteiger partial charge is 0.260 e. The molecule has 0 N–H and O–H groups in total. The van der Waals surface area contributed by atoms with Gasteiger partial charge in [-0.25, -0.2) is 0 Å². The van der Waals surface area contributed by atoms with Crippen LogP contribution < -0.4 is 9.47 Å². The van der Waals surface area contributed by atoms with E-state index in [1.165, 1.54) is 7.11 Å². The molecule has 0 bridgehead atoms. The predicted octanol–water partition coefficient (Wildman–Crippen LogP) is 1.82. The van der Waals surface area contributed by atoms with E-state index in [-0.39, 0.29) is 12.0 Å². The average molecular weight is 330 g/mol. The number of ether oxygens (including phenoxy) is 2. The third-order valence-corrected chi connectivity index (χ3v) is 4.13. The number of likely N-dealkylation sites (tertiary alicyclic amines) is 1. The number of pyridine rings is 1. The van der Waals surface area contributed by atoms with Crippen LogP contribution in [0, 0.1) is 6.92 Å². The van der Waals surface area contributed by atoms with Gasteiger partial charge < -0.3 is 14.4 Å². The third-order valence-electron chi connectivity index (χ3n) is 4.13. The van der Waals surface area contributed by atoms with Gasteiger partial charge in [-0.05, 0) is 19.1 Å². The predicted molar refractivity (Wildman–Crippen MR) is 88.3 cm³/mol. The molecular weight excluding hydrogens is 308 g/mol. The Morgan fingerprint density at radius 3 is 2.67 bits per heavy atom. The van der Waals surface area contributed by atoms with Crippen molar-refractivity contribution in [2.75, 3.05) is 20.2 Å². The molecule has 1 aliphatic heterocycles. The number of carbonyl (C=O) groups is 1. The SMILES string of the molecule is COc1nn(C)cc1C(=O)N1CCC(Oc2ccc(C)nc2)CC1. The molecule has 0 spiro atoms. The topological polar surface area (TPSA) is 69.5 Å². The number of nitrogens with zero attached hydrogens (tertiary/aromatic N) is 4. The molecule has 2 aromatic rings. The van der Waals surface area contributed by atoms with Crippen molar-refractivity contribution in [2.24, 2.45) is 7.05 Å². The van der Waals surface area contributed by atoms with Crippen molar-refractivity contribution in [1.29, 1.82) is 0 Å². The number of aryl methyl sites for hydroxylation is 2. The van der Waals surface area contributed by atoms with Crippen molar-refractivity contribution in [3.63, 3.8) is 0 Å². The highest BCUT2D eigenvalue weighted by Crippen LogP contribution is 2.22. The lowest BCUT2D eigenvalue weighted by atomic mass is 10.1. The summed E-state index contributed by atoms with van der Waals surface area (Å²) in [5.41, 5.74) is 1.47. The summed E-state index contributed by atoms with van der Waals surface area (Å²) < 4.78 is 12.7. The number of amides is 1. The van der Waals surface area contributed by atoms with E-state index < -0.39 is 0 Å². The fourth-order valence-corrected chi connectivity index (χ4v) is 2.83. The first kappa shape index (κ1) is 16.3. The number of hydrogen-bond acceptors (Lipinski definition) is 5. The minimum absolute atomic E-state index is 0.0459. The molecule has 0 saturated carbocycles. The molecule has 128 valence electrons. The highest BCUT2D eigenvalue weighted by molar-refractivity contribution is 5.96. The average Bonchev–Trinajstić information content (AvgIpc) is 2.98. The molecule has 3 heterocycles. The number of methoxy groups -OCH3 is 1. The van der Waals surface area contributed by atoms with Crippen LogP contribution in [0.3, 0.4) is 0 Å². The van der Waals surface area contributed by atoms with Gasteiger partial charge in [0.1, 0.15) is 17.4 Å². The van der Waals surface area contributed by atoms with Gasteiger partial charge in [0, 0.05) is 44.9 Å². The van der Waals surface area contributed by atoms with Crippen LogP contribution >= 0.6 is 0 Å². The van der Waals surface area contributed by atoms with Crippen LogP contribution in [0.15, 0.2) is 24.5 Å². The van der Waals surface area contributed by atoms with Crippen LogP contribution in [0.1, 0.15) is 28.9 Å². The van der Waals surface area contributed by atoms with Crippen molar-refractivity contribution < 1.29 is 14.3 Å². The Balaban J connectivity index is 1.58. The van der Waals surface area contributed by atoms with E-state index in [2.05, 4.69) is 10.1 Å². The monoisotopic (exact) mass is 330 g/mol. The largest absolute Gasteiger partial charge is 0.489 e. The molecule has 7 heteroatoms. The summed E-state index contributed by atoms with van der Waals surface area (Å²) in [6, 6.07) is 3.86. The lowest BCUT2D eigenvalue weighted by molar-refractivity contribution is 0.0592. The first-order valence-corrected chi connectivity index (χ1v) is 8.03. The van der Waals surface area contributed by atoms with E-state index in [0.29, 0.717) is 24.5 Å². The van der Waals surface area contributed by atoms with Crippen LogP contribution in [0.25, 0.3) is 0 Å². The third kappa shape index (κ3) is 3.50. The van der Waals surface area contributed by atoms with Crippen LogP contribution in [-0.4, -0.2) is 51.9 Å². The maximum Gasteiger partial charge on any atom is 0.260 e. The fourth-order valence-electron chi connectivity index (χ4n) is 2.83. The Labute approximate surface area is 141 Å². The second-order valence-electron chi connectivity index (χ2n) is 5.97. The first-order chi connectivity index (χ1) is 11.6. The number of piperidine rings is 1. The summed E-state index contributed by atoms with van der Waals surface area (Å²) in [7, 11) is 3.30. The summed E-state index contributed by atoms with van der Waals surface area (Å²) in [5.74, 6) is 1.10. The summed E-state index contributed by atoms with van der Waals surface area (Å²) in [5, 5.41) is 4.14. The molecule has 0 unspecified atom stereocenters. The normalized spacial score (nSPS) is 15.4. The molecule has 1 amide bonds. The maximum absolute atomic E-state index is 12.6. The van der Waals surface area contributed by atoms with Gasteiger partial charge >= 0.3 is 0 Å².